The molecule has 1 aliphatic heterocycles. The number of hydrogen-bond acceptors (Lipinski definition) is 8. The Morgan fingerprint density at radius 2 is 1.78 bits per heavy atom. The van der Waals surface area contributed by atoms with Crippen molar-refractivity contribution in [1.82, 2.24) is 19.9 Å². The van der Waals surface area contributed by atoms with Gasteiger partial charge in [-0.3, -0.25) is 24.3 Å². The van der Waals surface area contributed by atoms with Gasteiger partial charge in [-0.1, -0.05) is 48.0 Å². The second-order valence-corrected chi connectivity index (χ2v) is 11.8. The number of carbonyl (C=O) groups is 3. The largest absolute Gasteiger partial charge is 0.463 e. The van der Waals surface area contributed by atoms with E-state index in [0.29, 0.717) is 38.3 Å². The number of anilines is 2. The Balaban J connectivity index is 1.46. The highest BCUT2D eigenvalue weighted by atomic mass is 35.5. The second-order valence-electron chi connectivity index (χ2n) is 11.4. The van der Waals surface area contributed by atoms with Crippen LogP contribution in [0.2, 0.25) is 5.02 Å². The van der Waals surface area contributed by atoms with Crippen LogP contribution in [0.5, 0.6) is 0 Å². The molecule has 3 aromatic carbocycles. The van der Waals surface area contributed by atoms with Gasteiger partial charge in [0.05, 0.1) is 41.2 Å². The molecule has 248 valence electrons. The van der Waals surface area contributed by atoms with Gasteiger partial charge in [-0.25, -0.2) is 9.78 Å². The monoisotopic (exact) mass is 676 g/mol. The Morgan fingerprint density at radius 3 is 2.49 bits per heavy atom. The summed E-state index contributed by atoms with van der Waals surface area (Å²) in [7, 11) is 0. The van der Waals surface area contributed by atoms with E-state index in [1.54, 1.807) is 62.6 Å². The number of rotatable bonds is 8. The van der Waals surface area contributed by atoms with Crippen LogP contribution in [0.3, 0.4) is 0 Å². The lowest BCUT2D eigenvalue weighted by atomic mass is 9.78. The van der Waals surface area contributed by atoms with Gasteiger partial charge in [-0.15, -0.1) is 0 Å². The summed E-state index contributed by atoms with van der Waals surface area (Å²) in [4.78, 5) is 48.7. The number of hydroxylamine groups is 1. The van der Waals surface area contributed by atoms with Crippen LogP contribution in [-0.2, 0) is 19.1 Å². The van der Waals surface area contributed by atoms with E-state index in [2.05, 4.69) is 20.6 Å². The highest BCUT2D eigenvalue weighted by Gasteiger charge is 2.39. The summed E-state index contributed by atoms with van der Waals surface area (Å²) in [6, 6.07) is 22.8. The number of aryl methyl sites for hydroxylation is 1. The molecule has 3 heterocycles. The molecule has 0 radical (unpaired) electrons. The van der Waals surface area contributed by atoms with E-state index in [0.717, 1.165) is 22.5 Å². The normalized spacial score (nSPS) is 14.4. The van der Waals surface area contributed by atoms with Crippen LogP contribution in [0.4, 0.5) is 11.4 Å². The van der Waals surface area contributed by atoms with Crippen LogP contribution in [-0.4, -0.2) is 44.1 Å². The molecular weight excluding hydrogens is 644 g/mol. The molecule has 0 saturated carbocycles. The number of hydrogen-bond donors (Lipinski definition) is 3. The number of nitrogens with zero attached hydrogens (tertiary/aromatic N) is 4. The molecule has 12 heteroatoms. The molecule has 1 aliphatic rings. The van der Waals surface area contributed by atoms with Gasteiger partial charge in [0.1, 0.15) is 11.3 Å². The average Bonchev–Trinajstić information content (AvgIpc) is 3.43. The summed E-state index contributed by atoms with van der Waals surface area (Å²) in [5.74, 6) is -1.85. The Hall–Kier alpha value is -5.78. The number of amides is 2. The van der Waals surface area contributed by atoms with Gasteiger partial charge in [0, 0.05) is 40.8 Å². The predicted octanol–water partition coefficient (Wildman–Crippen LogP) is 6.70. The van der Waals surface area contributed by atoms with Crippen molar-refractivity contribution in [3.8, 4) is 5.69 Å². The highest BCUT2D eigenvalue weighted by Crippen LogP contribution is 2.44. The minimum Gasteiger partial charge on any atom is -0.463 e. The lowest BCUT2D eigenvalue weighted by Crippen LogP contribution is -2.34. The molecule has 0 saturated heterocycles. The number of ether oxygens (including phenoxy) is 1. The topological polar surface area (TPSA) is 139 Å². The first kappa shape index (κ1) is 33.1. The molecular formula is C37H33ClN6O5. The van der Waals surface area contributed by atoms with E-state index < -0.39 is 23.7 Å². The zero-order chi connectivity index (χ0) is 34.8. The highest BCUT2D eigenvalue weighted by molar-refractivity contribution is 6.31. The van der Waals surface area contributed by atoms with Crippen LogP contribution in [0.25, 0.3) is 22.4 Å². The zero-order valence-electron chi connectivity index (χ0n) is 27.2. The molecule has 1 atom stereocenters. The Labute approximate surface area is 287 Å². The molecule has 0 bridgehead atoms. The molecule has 0 aliphatic carbocycles. The van der Waals surface area contributed by atoms with Gasteiger partial charge in [-0.05, 0) is 74.4 Å². The molecule has 1 unspecified atom stereocenters. The molecule has 5 aromatic rings. The number of halogens is 1. The van der Waals surface area contributed by atoms with Crippen molar-refractivity contribution in [3.05, 3.63) is 130 Å². The van der Waals surface area contributed by atoms with E-state index in [1.807, 2.05) is 41.8 Å². The Bertz CT molecular complexity index is 2170. The molecule has 11 nitrogen and oxygen atoms in total. The van der Waals surface area contributed by atoms with E-state index in [4.69, 9.17) is 16.3 Å². The van der Waals surface area contributed by atoms with Crippen LogP contribution in [0.1, 0.15) is 43.6 Å². The third-order valence-corrected chi connectivity index (χ3v) is 8.55. The number of imidazole rings is 1. The van der Waals surface area contributed by atoms with Crippen molar-refractivity contribution in [2.24, 2.45) is 0 Å². The SMILES string of the molecule is CCOC(=O)C1=C(c2ccc(-n3c(C)nc4cnccc43)cc2)NC(C)=C(C(=O)Nc2cccc(N(O)C(C)=O)c2)C1c1ccccc1Cl. The summed E-state index contributed by atoms with van der Waals surface area (Å²) in [5, 5.41) is 17.2. The number of allylic oxidation sites excluding steroid dienone is 1. The molecule has 2 amide bonds. The van der Waals surface area contributed by atoms with Crippen molar-refractivity contribution in [3.63, 3.8) is 0 Å². The van der Waals surface area contributed by atoms with Gasteiger partial charge in [0.2, 0.25) is 5.91 Å². The second kappa shape index (κ2) is 13.8. The minimum atomic E-state index is -0.925. The van der Waals surface area contributed by atoms with Crippen molar-refractivity contribution >= 4 is 57.5 Å². The quantitative estimate of drug-likeness (QED) is 0.0938. The third kappa shape index (κ3) is 6.41. The lowest BCUT2D eigenvalue weighted by Gasteiger charge is -2.32. The maximum Gasteiger partial charge on any atom is 0.337 e. The van der Waals surface area contributed by atoms with E-state index in [-0.39, 0.29) is 23.4 Å². The number of benzene rings is 3. The number of dihydropyridines is 1. The molecule has 3 N–H and O–H groups in total. The summed E-state index contributed by atoms with van der Waals surface area (Å²) >= 11 is 6.77. The standard InChI is InChI=1S/C37H33ClN6O5/c1-5-49-37(47)34-33(28-11-6-7-12-29(28)38)32(36(46)42-25-9-8-10-27(19-25)44(48)23(4)45)21(2)40-35(34)24-13-15-26(16-14-24)43-22(3)41-30-20-39-18-17-31(30)43/h6-20,33,40,48H,5H2,1-4H3,(H,42,46). The van der Waals surface area contributed by atoms with Crippen LogP contribution in [0, 0.1) is 6.92 Å². The summed E-state index contributed by atoms with van der Waals surface area (Å²) in [6.07, 6.45) is 3.44. The molecule has 0 fully saturated rings. The van der Waals surface area contributed by atoms with Gasteiger partial charge >= 0.3 is 5.97 Å². The van der Waals surface area contributed by atoms with Crippen molar-refractivity contribution in [2.75, 3.05) is 17.0 Å². The number of pyridine rings is 1. The van der Waals surface area contributed by atoms with Crippen molar-refractivity contribution in [1.29, 1.82) is 0 Å². The third-order valence-electron chi connectivity index (χ3n) is 8.20. The fraction of sp³-hybridized carbons (Fsp3) is 0.162. The average molecular weight is 677 g/mol. The number of carbonyl (C=O) groups excluding carboxylic acids is 3. The number of esters is 1. The minimum absolute atomic E-state index is 0.108. The van der Waals surface area contributed by atoms with Crippen molar-refractivity contribution < 1.29 is 24.3 Å². The smallest absolute Gasteiger partial charge is 0.337 e. The number of nitrogens with one attached hydrogen (secondary N) is 2. The zero-order valence-corrected chi connectivity index (χ0v) is 27.9. The van der Waals surface area contributed by atoms with Crippen LogP contribution < -0.4 is 15.7 Å². The van der Waals surface area contributed by atoms with Gasteiger partial charge in [-0.2, -0.15) is 5.06 Å². The first-order valence-electron chi connectivity index (χ1n) is 15.5. The number of fused-ring (bicyclic) bond motifs is 1. The maximum absolute atomic E-state index is 14.2. The van der Waals surface area contributed by atoms with Crippen LogP contribution >= 0.6 is 11.6 Å². The summed E-state index contributed by atoms with van der Waals surface area (Å²) in [6.45, 7) is 6.72. The molecule has 49 heavy (non-hydrogen) atoms. The molecule has 2 aromatic heterocycles. The maximum atomic E-state index is 14.2. The fourth-order valence-electron chi connectivity index (χ4n) is 6.06. The van der Waals surface area contributed by atoms with Gasteiger partial charge < -0.3 is 15.4 Å². The van der Waals surface area contributed by atoms with E-state index in [1.165, 1.54) is 19.1 Å². The number of aromatic nitrogens is 3. The molecule has 6 rings (SSSR count). The van der Waals surface area contributed by atoms with Crippen LogP contribution in [0.15, 0.2) is 108 Å². The fourth-order valence-corrected chi connectivity index (χ4v) is 6.30. The first-order chi connectivity index (χ1) is 23.6. The van der Waals surface area contributed by atoms with Crippen molar-refractivity contribution in [2.45, 2.75) is 33.6 Å². The van der Waals surface area contributed by atoms with E-state index in [9.17, 15) is 19.6 Å². The first-order valence-corrected chi connectivity index (χ1v) is 15.9. The van der Waals surface area contributed by atoms with Gasteiger partial charge in [0.15, 0.2) is 0 Å². The predicted molar refractivity (Wildman–Crippen MR) is 187 cm³/mol. The summed E-state index contributed by atoms with van der Waals surface area (Å²) < 4.78 is 7.62. The van der Waals surface area contributed by atoms with Gasteiger partial charge in [0.25, 0.3) is 5.91 Å². The van der Waals surface area contributed by atoms with E-state index >= 15 is 0 Å². The molecule has 0 spiro atoms. The summed E-state index contributed by atoms with van der Waals surface area (Å²) in [5.41, 5.74) is 5.68. The Morgan fingerprint density at radius 1 is 1.02 bits per heavy atom. The lowest BCUT2D eigenvalue weighted by molar-refractivity contribution is -0.138. The Kier molecular flexibility index (Phi) is 9.30.